The van der Waals surface area contributed by atoms with Crippen LogP contribution in [-0.4, -0.2) is 17.8 Å². The third-order valence-corrected chi connectivity index (χ3v) is 4.58. The fourth-order valence-corrected chi connectivity index (χ4v) is 3.19. The van der Waals surface area contributed by atoms with E-state index in [0.717, 1.165) is 22.1 Å². The molecule has 3 rings (SSSR count). The molecule has 0 amide bonds. The molecule has 132 valence electrons. The topological polar surface area (TPSA) is 83.9 Å². The van der Waals surface area contributed by atoms with Gasteiger partial charge in [-0.15, -0.1) is 0 Å². The molecule has 2 aromatic carbocycles. The van der Waals surface area contributed by atoms with Crippen LogP contribution in [0.25, 0.3) is 27.5 Å². The smallest absolute Gasteiger partial charge is 0.258 e. The maximum absolute atomic E-state index is 12.6. The molecule has 6 heteroatoms. The number of halogens is 1. The number of aryl methyl sites for hydroxylation is 1. The number of pyridine rings is 1. The van der Waals surface area contributed by atoms with Gasteiger partial charge in [-0.3, -0.25) is 4.79 Å². The van der Waals surface area contributed by atoms with E-state index >= 15 is 0 Å². The van der Waals surface area contributed by atoms with Crippen LogP contribution in [0.5, 0.6) is 0 Å². The highest BCUT2D eigenvalue weighted by molar-refractivity contribution is 6.34. The van der Waals surface area contributed by atoms with Gasteiger partial charge in [0, 0.05) is 65.5 Å². The van der Waals surface area contributed by atoms with E-state index in [4.69, 9.17) is 22.7 Å². The monoisotopic (exact) mass is 366 g/mol. The molecule has 0 aliphatic heterocycles. The molecular weight excluding hydrogens is 348 g/mol. The standard InChI is InChI=1S/C20H19ClN4O/c1-24-10-13(9-22)12-3-5-15-16(7-12)18(11-25(2)20(15)26)17-8-14(23)4-6-19(17)21/h3-11,22,24H,23H2,1-2H3/b13-10+,22-9?. The Kier molecular flexibility index (Phi) is 4.82. The Morgan fingerprint density at radius 1 is 1.19 bits per heavy atom. The Balaban J connectivity index is 2.40. The highest BCUT2D eigenvalue weighted by Gasteiger charge is 2.13. The molecular formula is C20H19ClN4O. The first kappa shape index (κ1) is 17.8. The van der Waals surface area contributed by atoms with Crippen LogP contribution >= 0.6 is 11.6 Å². The van der Waals surface area contributed by atoms with Crippen LogP contribution in [0.4, 0.5) is 5.69 Å². The minimum Gasteiger partial charge on any atom is -0.399 e. The largest absolute Gasteiger partial charge is 0.399 e. The molecule has 0 aliphatic carbocycles. The molecule has 0 radical (unpaired) electrons. The SMILES string of the molecule is CN/C=C(\C=N)c1ccc2c(=O)n(C)cc(-c3cc(N)ccc3Cl)c2c1. The number of hydrogen-bond acceptors (Lipinski definition) is 4. The number of benzene rings is 2. The molecule has 1 heterocycles. The zero-order valence-corrected chi connectivity index (χ0v) is 15.3. The third-order valence-electron chi connectivity index (χ3n) is 4.25. The van der Waals surface area contributed by atoms with Crippen LogP contribution in [0, 0.1) is 5.41 Å². The summed E-state index contributed by atoms with van der Waals surface area (Å²) in [5.41, 5.74) is 9.56. The van der Waals surface area contributed by atoms with Crippen LogP contribution in [0.2, 0.25) is 5.02 Å². The second-order valence-electron chi connectivity index (χ2n) is 5.99. The van der Waals surface area contributed by atoms with Crippen LogP contribution in [0.15, 0.2) is 53.6 Å². The number of rotatable bonds is 4. The summed E-state index contributed by atoms with van der Waals surface area (Å²) in [5.74, 6) is 0. The second kappa shape index (κ2) is 7.06. The van der Waals surface area contributed by atoms with Gasteiger partial charge in [-0.05, 0) is 41.3 Å². The Bertz CT molecular complexity index is 1100. The Hall–Kier alpha value is -3.05. The lowest BCUT2D eigenvalue weighted by molar-refractivity contribution is 0.875. The van der Waals surface area contributed by atoms with Crippen molar-refractivity contribution in [2.45, 2.75) is 0 Å². The number of hydrogen-bond donors (Lipinski definition) is 3. The average Bonchev–Trinajstić information content (AvgIpc) is 2.64. The summed E-state index contributed by atoms with van der Waals surface area (Å²) in [4.78, 5) is 12.6. The van der Waals surface area contributed by atoms with Gasteiger partial charge in [-0.25, -0.2) is 0 Å². The summed E-state index contributed by atoms with van der Waals surface area (Å²) in [6, 6.07) is 10.8. The van der Waals surface area contributed by atoms with Crippen LogP contribution in [0.1, 0.15) is 5.56 Å². The summed E-state index contributed by atoms with van der Waals surface area (Å²) >= 11 is 6.40. The van der Waals surface area contributed by atoms with E-state index in [1.54, 1.807) is 50.8 Å². The van der Waals surface area contributed by atoms with E-state index in [1.165, 1.54) is 10.8 Å². The first-order chi connectivity index (χ1) is 12.5. The molecule has 0 bridgehead atoms. The van der Waals surface area contributed by atoms with Gasteiger partial charge in [0.05, 0.1) is 0 Å². The average molecular weight is 367 g/mol. The fourth-order valence-electron chi connectivity index (χ4n) is 2.97. The van der Waals surface area contributed by atoms with Crippen LogP contribution in [0.3, 0.4) is 0 Å². The number of nitrogens with zero attached hydrogens (tertiary/aromatic N) is 1. The van der Waals surface area contributed by atoms with Gasteiger partial charge in [0.2, 0.25) is 0 Å². The quantitative estimate of drug-likeness (QED) is 0.486. The summed E-state index contributed by atoms with van der Waals surface area (Å²) in [7, 11) is 3.49. The Morgan fingerprint density at radius 2 is 1.96 bits per heavy atom. The summed E-state index contributed by atoms with van der Waals surface area (Å²) in [5, 5.41) is 12.5. The minimum absolute atomic E-state index is 0.0932. The third kappa shape index (κ3) is 3.09. The zero-order valence-electron chi connectivity index (χ0n) is 14.5. The molecule has 1 aromatic heterocycles. The summed E-state index contributed by atoms with van der Waals surface area (Å²) < 4.78 is 1.54. The van der Waals surface area contributed by atoms with Crippen molar-refractivity contribution in [2.24, 2.45) is 7.05 Å². The summed E-state index contributed by atoms with van der Waals surface area (Å²) in [6.07, 6.45) is 4.77. The maximum atomic E-state index is 12.6. The first-order valence-electron chi connectivity index (χ1n) is 8.03. The van der Waals surface area contributed by atoms with Gasteiger partial charge in [0.1, 0.15) is 0 Å². The van der Waals surface area contributed by atoms with Crippen molar-refractivity contribution in [1.29, 1.82) is 5.41 Å². The Labute approximate surface area is 156 Å². The van der Waals surface area contributed by atoms with E-state index < -0.39 is 0 Å². The molecule has 0 unspecified atom stereocenters. The number of fused-ring (bicyclic) bond motifs is 1. The van der Waals surface area contributed by atoms with E-state index in [-0.39, 0.29) is 5.56 Å². The van der Waals surface area contributed by atoms with Crippen molar-refractivity contribution < 1.29 is 0 Å². The normalized spacial score (nSPS) is 11.6. The van der Waals surface area contributed by atoms with Crippen LogP contribution < -0.4 is 16.6 Å². The maximum Gasteiger partial charge on any atom is 0.258 e. The molecule has 26 heavy (non-hydrogen) atoms. The van der Waals surface area contributed by atoms with E-state index in [9.17, 15) is 4.79 Å². The van der Waals surface area contributed by atoms with E-state index in [1.807, 2.05) is 12.1 Å². The van der Waals surface area contributed by atoms with Crippen molar-refractivity contribution >= 4 is 39.8 Å². The van der Waals surface area contributed by atoms with Gasteiger partial charge in [-0.1, -0.05) is 17.7 Å². The Morgan fingerprint density at radius 3 is 2.65 bits per heavy atom. The van der Waals surface area contributed by atoms with Gasteiger partial charge in [0.15, 0.2) is 0 Å². The number of anilines is 1. The molecule has 4 N–H and O–H groups in total. The number of allylic oxidation sites excluding steroid dienone is 1. The lowest BCUT2D eigenvalue weighted by atomic mass is 9.96. The zero-order chi connectivity index (χ0) is 18.8. The number of aromatic nitrogens is 1. The number of nitrogens with two attached hydrogens (primary N) is 1. The number of nitrogens with one attached hydrogen (secondary N) is 2. The lowest BCUT2D eigenvalue weighted by Crippen LogP contribution is -2.16. The van der Waals surface area contributed by atoms with Gasteiger partial charge < -0.3 is 21.0 Å². The van der Waals surface area contributed by atoms with Crippen molar-refractivity contribution in [3.8, 4) is 11.1 Å². The molecule has 5 nitrogen and oxygen atoms in total. The fraction of sp³-hybridized carbons (Fsp3) is 0.100. The lowest BCUT2D eigenvalue weighted by Gasteiger charge is -2.13. The molecule has 0 aliphatic rings. The highest BCUT2D eigenvalue weighted by atomic mass is 35.5. The van der Waals surface area contributed by atoms with Crippen molar-refractivity contribution in [2.75, 3.05) is 12.8 Å². The van der Waals surface area contributed by atoms with Gasteiger partial charge >= 0.3 is 0 Å². The first-order valence-corrected chi connectivity index (χ1v) is 8.41. The molecule has 0 saturated carbocycles. The summed E-state index contributed by atoms with van der Waals surface area (Å²) in [6.45, 7) is 0. The predicted molar refractivity (Wildman–Crippen MR) is 110 cm³/mol. The van der Waals surface area contributed by atoms with Crippen molar-refractivity contribution in [1.82, 2.24) is 9.88 Å². The minimum atomic E-state index is -0.0932. The van der Waals surface area contributed by atoms with Crippen molar-refractivity contribution in [3.63, 3.8) is 0 Å². The highest BCUT2D eigenvalue weighted by Crippen LogP contribution is 2.34. The molecule has 0 atom stereocenters. The van der Waals surface area contributed by atoms with E-state index in [0.29, 0.717) is 21.7 Å². The van der Waals surface area contributed by atoms with Crippen molar-refractivity contribution in [3.05, 3.63) is 69.7 Å². The van der Waals surface area contributed by atoms with Crippen LogP contribution in [-0.2, 0) is 7.05 Å². The molecule has 3 aromatic rings. The van der Waals surface area contributed by atoms with Gasteiger partial charge in [-0.2, -0.15) is 0 Å². The predicted octanol–water partition coefficient (Wildman–Crippen LogP) is 3.65. The molecule has 0 saturated heterocycles. The molecule has 0 spiro atoms. The second-order valence-corrected chi connectivity index (χ2v) is 6.40. The molecule has 0 fully saturated rings. The number of nitrogen functional groups attached to an aromatic ring is 1. The van der Waals surface area contributed by atoms with Gasteiger partial charge in [0.25, 0.3) is 5.56 Å². The van der Waals surface area contributed by atoms with E-state index in [2.05, 4.69) is 5.32 Å².